The molecule has 2 aromatic carbocycles. The Balaban J connectivity index is 2.25. The van der Waals surface area contributed by atoms with E-state index in [1.165, 1.54) is 16.3 Å². The van der Waals surface area contributed by atoms with Gasteiger partial charge < -0.3 is 9.47 Å². The van der Waals surface area contributed by atoms with Gasteiger partial charge >= 0.3 is 0 Å². The average molecular weight is 286 g/mol. The standard InChI is InChI=1S/C19H26O2/c1-13(2)11-20-18-7-6-16-8-15(5)19(10-17(16)9-18)21-12-14(3)4/h6-10,13-14H,11-12H2,1-5H3. The summed E-state index contributed by atoms with van der Waals surface area (Å²) in [6.07, 6.45) is 0. The topological polar surface area (TPSA) is 18.5 Å². The lowest BCUT2D eigenvalue weighted by atomic mass is 10.1. The van der Waals surface area contributed by atoms with Crippen LogP contribution in [-0.2, 0) is 0 Å². The number of hydrogen-bond acceptors (Lipinski definition) is 2. The van der Waals surface area contributed by atoms with Crippen molar-refractivity contribution in [3.05, 3.63) is 35.9 Å². The highest BCUT2D eigenvalue weighted by atomic mass is 16.5. The zero-order valence-electron chi connectivity index (χ0n) is 13.8. The maximum atomic E-state index is 5.90. The van der Waals surface area contributed by atoms with Gasteiger partial charge in [-0.2, -0.15) is 0 Å². The van der Waals surface area contributed by atoms with Crippen molar-refractivity contribution >= 4 is 10.8 Å². The first kappa shape index (κ1) is 15.7. The number of hydrogen-bond donors (Lipinski definition) is 0. The van der Waals surface area contributed by atoms with Crippen LogP contribution in [0, 0.1) is 18.8 Å². The third-order valence-electron chi connectivity index (χ3n) is 3.26. The summed E-state index contributed by atoms with van der Waals surface area (Å²) < 4.78 is 11.7. The van der Waals surface area contributed by atoms with E-state index in [1.54, 1.807) is 0 Å². The van der Waals surface area contributed by atoms with Crippen molar-refractivity contribution < 1.29 is 9.47 Å². The van der Waals surface area contributed by atoms with Gasteiger partial charge in [0.1, 0.15) is 11.5 Å². The Morgan fingerprint density at radius 1 is 0.810 bits per heavy atom. The molecule has 21 heavy (non-hydrogen) atoms. The molecule has 0 aliphatic heterocycles. The summed E-state index contributed by atoms with van der Waals surface area (Å²) in [5.41, 5.74) is 1.18. The molecule has 0 aliphatic carbocycles. The minimum Gasteiger partial charge on any atom is -0.493 e. The zero-order valence-corrected chi connectivity index (χ0v) is 13.8. The van der Waals surface area contributed by atoms with Crippen LogP contribution in [0.3, 0.4) is 0 Å². The minimum atomic E-state index is 0.529. The van der Waals surface area contributed by atoms with Crippen molar-refractivity contribution in [3.8, 4) is 11.5 Å². The third kappa shape index (κ3) is 4.38. The molecule has 2 rings (SSSR count). The summed E-state index contributed by atoms with van der Waals surface area (Å²) in [5.74, 6) is 2.96. The average Bonchev–Trinajstić information content (AvgIpc) is 2.42. The Bertz CT molecular complexity index is 600. The molecule has 0 unspecified atom stereocenters. The van der Waals surface area contributed by atoms with Crippen LogP contribution in [0.2, 0.25) is 0 Å². The van der Waals surface area contributed by atoms with E-state index in [2.05, 4.69) is 58.9 Å². The van der Waals surface area contributed by atoms with Gasteiger partial charge in [0.2, 0.25) is 0 Å². The summed E-state index contributed by atoms with van der Waals surface area (Å²) >= 11 is 0. The quantitative estimate of drug-likeness (QED) is 0.725. The fourth-order valence-corrected chi connectivity index (χ4v) is 2.13. The van der Waals surface area contributed by atoms with E-state index < -0.39 is 0 Å². The van der Waals surface area contributed by atoms with Crippen molar-refractivity contribution in [3.63, 3.8) is 0 Å². The van der Waals surface area contributed by atoms with E-state index in [0.717, 1.165) is 24.7 Å². The van der Waals surface area contributed by atoms with E-state index in [-0.39, 0.29) is 0 Å². The highest BCUT2D eigenvalue weighted by Crippen LogP contribution is 2.28. The van der Waals surface area contributed by atoms with Gasteiger partial charge in [0, 0.05) is 0 Å². The molecule has 0 aromatic heterocycles. The van der Waals surface area contributed by atoms with E-state index >= 15 is 0 Å². The second-order valence-corrected chi connectivity index (χ2v) is 6.54. The van der Waals surface area contributed by atoms with Gasteiger partial charge in [-0.1, -0.05) is 33.8 Å². The molecular weight excluding hydrogens is 260 g/mol. The fraction of sp³-hybridized carbons (Fsp3) is 0.474. The predicted octanol–water partition coefficient (Wildman–Crippen LogP) is 5.22. The minimum absolute atomic E-state index is 0.529. The van der Waals surface area contributed by atoms with Crippen molar-refractivity contribution in [2.75, 3.05) is 13.2 Å². The molecule has 0 N–H and O–H groups in total. The van der Waals surface area contributed by atoms with Gasteiger partial charge in [-0.15, -0.1) is 0 Å². The molecule has 0 amide bonds. The van der Waals surface area contributed by atoms with Crippen LogP contribution in [0.5, 0.6) is 11.5 Å². The Hall–Kier alpha value is -1.70. The van der Waals surface area contributed by atoms with Crippen LogP contribution in [0.1, 0.15) is 33.3 Å². The molecule has 2 aromatic rings. The van der Waals surface area contributed by atoms with E-state index in [0.29, 0.717) is 11.8 Å². The third-order valence-corrected chi connectivity index (χ3v) is 3.26. The number of fused-ring (bicyclic) bond motifs is 1. The molecular formula is C19H26O2. The zero-order chi connectivity index (χ0) is 15.4. The van der Waals surface area contributed by atoms with Crippen molar-refractivity contribution in [2.45, 2.75) is 34.6 Å². The molecule has 2 nitrogen and oxygen atoms in total. The van der Waals surface area contributed by atoms with Gasteiger partial charge in [-0.3, -0.25) is 0 Å². The molecule has 0 saturated carbocycles. The monoisotopic (exact) mass is 286 g/mol. The van der Waals surface area contributed by atoms with Crippen LogP contribution in [0.4, 0.5) is 0 Å². The predicted molar refractivity (Wildman–Crippen MR) is 89.4 cm³/mol. The molecule has 0 heterocycles. The molecule has 0 radical (unpaired) electrons. The Labute approximate surface area is 128 Å². The van der Waals surface area contributed by atoms with Gasteiger partial charge in [0.15, 0.2) is 0 Å². The molecule has 2 heteroatoms. The largest absolute Gasteiger partial charge is 0.493 e. The fourth-order valence-electron chi connectivity index (χ4n) is 2.13. The van der Waals surface area contributed by atoms with Gasteiger partial charge in [0.05, 0.1) is 13.2 Å². The van der Waals surface area contributed by atoms with Crippen LogP contribution >= 0.6 is 0 Å². The summed E-state index contributed by atoms with van der Waals surface area (Å²) in [6, 6.07) is 10.6. The lowest BCUT2D eigenvalue weighted by Crippen LogP contribution is -2.05. The van der Waals surface area contributed by atoms with Gasteiger partial charge in [0.25, 0.3) is 0 Å². The van der Waals surface area contributed by atoms with Crippen molar-refractivity contribution in [2.24, 2.45) is 11.8 Å². The summed E-state index contributed by atoms with van der Waals surface area (Å²) in [5, 5.41) is 2.39. The summed E-state index contributed by atoms with van der Waals surface area (Å²) in [4.78, 5) is 0. The van der Waals surface area contributed by atoms with E-state index in [1.807, 2.05) is 6.07 Å². The normalized spacial score (nSPS) is 11.4. The Kier molecular flexibility index (Phi) is 5.11. The molecule has 0 bridgehead atoms. The summed E-state index contributed by atoms with van der Waals surface area (Å²) in [7, 11) is 0. The number of benzene rings is 2. The molecule has 0 spiro atoms. The van der Waals surface area contributed by atoms with Crippen LogP contribution in [0.25, 0.3) is 10.8 Å². The highest BCUT2D eigenvalue weighted by Gasteiger charge is 2.06. The molecule has 0 aliphatic rings. The SMILES string of the molecule is Cc1cc2ccc(OCC(C)C)cc2cc1OCC(C)C. The second-order valence-electron chi connectivity index (χ2n) is 6.54. The maximum absolute atomic E-state index is 5.90. The summed E-state index contributed by atoms with van der Waals surface area (Å²) in [6.45, 7) is 12.2. The Morgan fingerprint density at radius 3 is 2.14 bits per heavy atom. The number of rotatable bonds is 6. The van der Waals surface area contributed by atoms with Gasteiger partial charge in [-0.25, -0.2) is 0 Å². The lowest BCUT2D eigenvalue weighted by molar-refractivity contribution is 0.269. The van der Waals surface area contributed by atoms with E-state index in [9.17, 15) is 0 Å². The lowest BCUT2D eigenvalue weighted by Gasteiger charge is -2.13. The van der Waals surface area contributed by atoms with E-state index in [4.69, 9.17) is 9.47 Å². The number of aryl methyl sites for hydroxylation is 1. The molecule has 0 fully saturated rings. The molecule has 114 valence electrons. The van der Waals surface area contributed by atoms with Gasteiger partial charge in [-0.05, 0) is 59.4 Å². The number of ether oxygens (including phenoxy) is 2. The van der Waals surface area contributed by atoms with Crippen molar-refractivity contribution in [1.29, 1.82) is 0 Å². The first-order valence-electron chi connectivity index (χ1n) is 7.75. The van der Waals surface area contributed by atoms with Crippen LogP contribution < -0.4 is 9.47 Å². The maximum Gasteiger partial charge on any atom is 0.122 e. The van der Waals surface area contributed by atoms with Crippen molar-refractivity contribution in [1.82, 2.24) is 0 Å². The highest BCUT2D eigenvalue weighted by molar-refractivity contribution is 5.86. The van der Waals surface area contributed by atoms with Crippen LogP contribution in [0.15, 0.2) is 30.3 Å². The smallest absolute Gasteiger partial charge is 0.122 e. The first-order chi connectivity index (χ1) is 9.95. The molecule has 0 atom stereocenters. The molecule has 0 saturated heterocycles. The first-order valence-corrected chi connectivity index (χ1v) is 7.75. The Morgan fingerprint density at radius 2 is 1.48 bits per heavy atom. The van der Waals surface area contributed by atoms with Crippen LogP contribution in [-0.4, -0.2) is 13.2 Å². The second kappa shape index (κ2) is 6.84.